The second-order valence-electron chi connectivity index (χ2n) is 10.2. The van der Waals surface area contributed by atoms with Gasteiger partial charge in [-0.05, 0) is 55.2 Å². The summed E-state index contributed by atoms with van der Waals surface area (Å²) in [6, 6.07) is 11.9. The molecule has 2 aromatic rings. The van der Waals surface area contributed by atoms with Crippen LogP contribution in [-0.4, -0.2) is 90.9 Å². The fourth-order valence-corrected chi connectivity index (χ4v) is 5.10. The third-order valence-electron chi connectivity index (χ3n) is 7.52. The van der Waals surface area contributed by atoms with Gasteiger partial charge in [0.05, 0.1) is 18.3 Å². The first kappa shape index (κ1) is 29.5. The van der Waals surface area contributed by atoms with Gasteiger partial charge in [-0.15, -0.1) is 0 Å². The first-order valence-corrected chi connectivity index (χ1v) is 13.7. The van der Waals surface area contributed by atoms with Crippen molar-refractivity contribution < 1.29 is 27.6 Å². The summed E-state index contributed by atoms with van der Waals surface area (Å²) in [7, 11) is 0. The number of nitrogens with one attached hydrogen (secondary N) is 2. The Bertz CT molecular complexity index is 1180. The maximum atomic E-state index is 12.9. The summed E-state index contributed by atoms with van der Waals surface area (Å²) in [5.74, 6) is -1.07. The summed E-state index contributed by atoms with van der Waals surface area (Å²) < 4.78 is 38.7. The molecular formula is C29H36F3N5O3. The molecule has 8 nitrogen and oxygen atoms in total. The average molecular weight is 560 g/mol. The number of benzene rings is 2. The molecule has 2 saturated heterocycles. The van der Waals surface area contributed by atoms with Gasteiger partial charge < -0.3 is 15.5 Å². The van der Waals surface area contributed by atoms with Gasteiger partial charge >= 0.3 is 6.18 Å². The molecule has 2 aliphatic heterocycles. The summed E-state index contributed by atoms with van der Waals surface area (Å²) in [5, 5.41) is 5.33. The SMILES string of the molecule is CCc1ccc(C(=O)N2CCN(CCN3CCCC3NC(=O)CNC(=O)c3cccc(C(F)(F)F)c3)CC2)cc1. The van der Waals surface area contributed by atoms with E-state index in [1.54, 1.807) is 0 Å². The Balaban J connectivity index is 1.18. The normalized spacial score (nSPS) is 18.5. The summed E-state index contributed by atoms with van der Waals surface area (Å²) >= 11 is 0. The number of piperazine rings is 1. The van der Waals surface area contributed by atoms with Crippen LogP contribution in [0.4, 0.5) is 13.2 Å². The minimum atomic E-state index is -4.55. The lowest BCUT2D eigenvalue weighted by molar-refractivity contribution is -0.137. The summed E-state index contributed by atoms with van der Waals surface area (Å²) in [4.78, 5) is 44.0. The van der Waals surface area contributed by atoms with Crippen LogP contribution in [0.25, 0.3) is 0 Å². The van der Waals surface area contributed by atoms with Gasteiger partial charge in [0, 0.05) is 56.9 Å². The molecule has 2 N–H and O–H groups in total. The maximum absolute atomic E-state index is 12.9. The van der Waals surface area contributed by atoms with E-state index in [1.165, 1.54) is 11.6 Å². The Morgan fingerprint density at radius 2 is 1.65 bits per heavy atom. The fraction of sp³-hybridized carbons (Fsp3) is 0.483. The molecule has 0 aliphatic carbocycles. The van der Waals surface area contributed by atoms with E-state index in [0.29, 0.717) is 18.7 Å². The van der Waals surface area contributed by atoms with E-state index in [9.17, 15) is 27.6 Å². The fourth-order valence-electron chi connectivity index (χ4n) is 5.10. The number of carbonyl (C=O) groups is 3. The number of hydrogen-bond donors (Lipinski definition) is 2. The first-order chi connectivity index (χ1) is 19.1. The lowest BCUT2D eigenvalue weighted by atomic mass is 10.1. The Labute approximate surface area is 232 Å². The molecule has 0 spiro atoms. The van der Waals surface area contributed by atoms with Gasteiger partial charge in [-0.1, -0.05) is 25.1 Å². The number of rotatable bonds is 9. The van der Waals surface area contributed by atoms with Gasteiger partial charge in [-0.25, -0.2) is 0 Å². The zero-order valence-corrected chi connectivity index (χ0v) is 22.7. The molecule has 1 atom stereocenters. The zero-order valence-electron chi connectivity index (χ0n) is 22.7. The Morgan fingerprint density at radius 3 is 2.33 bits per heavy atom. The zero-order chi connectivity index (χ0) is 28.7. The molecule has 0 aromatic heterocycles. The number of aryl methyl sites for hydroxylation is 1. The number of halogens is 3. The van der Waals surface area contributed by atoms with E-state index in [0.717, 1.165) is 70.2 Å². The van der Waals surface area contributed by atoms with Crippen molar-refractivity contribution in [1.82, 2.24) is 25.3 Å². The van der Waals surface area contributed by atoms with Crippen molar-refractivity contribution in [2.75, 3.05) is 52.4 Å². The van der Waals surface area contributed by atoms with Gasteiger partial charge in [0.15, 0.2) is 0 Å². The molecule has 2 fully saturated rings. The van der Waals surface area contributed by atoms with Crippen LogP contribution in [0.3, 0.4) is 0 Å². The minimum Gasteiger partial charge on any atom is -0.343 e. The van der Waals surface area contributed by atoms with Gasteiger partial charge in [0.25, 0.3) is 11.8 Å². The highest BCUT2D eigenvalue weighted by atomic mass is 19.4. The lowest BCUT2D eigenvalue weighted by Gasteiger charge is -2.36. The number of nitrogens with zero attached hydrogens (tertiary/aromatic N) is 3. The standard InChI is InChI=1S/C29H36F3N5O3/c1-2-21-8-10-22(11-9-21)28(40)37-17-14-35(15-18-37)13-16-36-12-4-7-25(36)34-26(38)20-33-27(39)23-5-3-6-24(19-23)29(30,31)32/h3,5-6,8-11,19,25H,2,4,7,12-18,20H2,1H3,(H,33,39)(H,34,38). The maximum Gasteiger partial charge on any atom is 0.416 e. The molecule has 0 bridgehead atoms. The Morgan fingerprint density at radius 1 is 0.925 bits per heavy atom. The van der Waals surface area contributed by atoms with Crippen molar-refractivity contribution in [2.24, 2.45) is 0 Å². The Kier molecular flexibility index (Phi) is 9.80. The van der Waals surface area contributed by atoms with Crippen LogP contribution in [0.5, 0.6) is 0 Å². The highest BCUT2D eigenvalue weighted by Crippen LogP contribution is 2.29. The van der Waals surface area contributed by atoms with Gasteiger partial charge in [0.1, 0.15) is 0 Å². The number of alkyl halides is 3. The monoisotopic (exact) mass is 559 g/mol. The smallest absolute Gasteiger partial charge is 0.343 e. The van der Waals surface area contributed by atoms with Crippen LogP contribution in [0.15, 0.2) is 48.5 Å². The predicted octanol–water partition coefficient (Wildman–Crippen LogP) is 2.99. The van der Waals surface area contributed by atoms with Crippen molar-refractivity contribution in [3.05, 3.63) is 70.8 Å². The molecule has 4 rings (SSSR count). The molecule has 2 heterocycles. The average Bonchev–Trinajstić information content (AvgIpc) is 3.41. The van der Waals surface area contributed by atoms with Crippen molar-refractivity contribution in [3.63, 3.8) is 0 Å². The van der Waals surface area contributed by atoms with E-state index >= 15 is 0 Å². The highest BCUT2D eigenvalue weighted by molar-refractivity contribution is 5.96. The topological polar surface area (TPSA) is 85.0 Å². The number of hydrogen-bond acceptors (Lipinski definition) is 5. The largest absolute Gasteiger partial charge is 0.416 e. The van der Waals surface area contributed by atoms with E-state index in [-0.39, 0.29) is 24.2 Å². The van der Waals surface area contributed by atoms with Gasteiger partial charge in [-0.3, -0.25) is 24.2 Å². The molecule has 2 aliphatic rings. The van der Waals surface area contributed by atoms with Crippen molar-refractivity contribution in [2.45, 2.75) is 38.5 Å². The van der Waals surface area contributed by atoms with Crippen LogP contribution in [0.2, 0.25) is 0 Å². The molecule has 3 amide bonds. The molecule has 0 radical (unpaired) electrons. The van der Waals surface area contributed by atoms with Crippen molar-refractivity contribution in [1.29, 1.82) is 0 Å². The molecule has 2 aromatic carbocycles. The molecule has 40 heavy (non-hydrogen) atoms. The second-order valence-corrected chi connectivity index (χ2v) is 10.2. The molecule has 11 heteroatoms. The van der Waals surface area contributed by atoms with E-state index in [1.807, 2.05) is 29.2 Å². The molecule has 0 saturated carbocycles. The van der Waals surface area contributed by atoms with Crippen molar-refractivity contribution in [3.8, 4) is 0 Å². The van der Waals surface area contributed by atoms with E-state index in [2.05, 4.69) is 27.4 Å². The van der Waals surface area contributed by atoms with E-state index < -0.39 is 23.6 Å². The van der Waals surface area contributed by atoms with Gasteiger partial charge in [-0.2, -0.15) is 13.2 Å². The Hall–Kier alpha value is -3.44. The lowest BCUT2D eigenvalue weighted by Crippen LogP contribution is -2.52. The second kappa shape index (κ2) is 13.3. The number of amides is 3. The summed E-state index contributed by atoms with van der Waals surface area (Å²) in [5.41, 5.74) is 0.854. The van der Waals surface area contributed by atoms with E-state index in [4.69, 9.17) is 0 Å². The van der Waals surface area contributed by atoms with Crippen LogP contribution in [-0.2, 0) is 17.4 Å². The third-order valence-corrected chi connectivity index (χ3v) is 7.52. The van der Waals surface area contributed by atoms with Crippen LogP contribution >= 0.6 is 0 Å². The van der Waals surface area contributed by atoms with Crippen LogP contribution in [0, 0.1) is 0 Å². The van der Waals surface area contributed by atoms with Crippen molar-refractivity contribution >= 4 is 17.7 Å². The summed E-state index contributed by atoms with van der Waals surface area (Å²) in [6.07, 6.45) is -2.06. The highest BCUT2D eigenvalue weighted by Gasteiger charge is 2.31. The third kappa shape index (κ3) is 7.82. The number of carbonyl (C=O) groups excluding carboxylic acids is 3. The molecule has 216 valence electrons. The first-order valence-electron chi connectivity index (χ1n) is 13.7. The van der Waals surface area contributed by atoms with Crippen LogP contribution < -0.4 is 10.6 Å². The molecular weight excluding hydrogens is 523 g/mol. The summed E-state index contributed by atoms with van der Waals surface area (Å²) in [6.45, 7) is 7.07. The van der Waals surface area contributed by atoms with Crippen LogP contribution in [0.1, 0.15) is 51.6 Å². The van der Waals surface area contributed by atoms with Gasteiger partial charge in [0.2, 0.25) is 5.91 Å². The predicted molar refractivity (Wildman–Crippen MR) is 145 cm³/mol. The molecule has 1 unspecified atom stereocenters. The quantitative estimate of drug-likeness (QED) is 0.494. The number of likely N-dealkylation sites (tertiary alicyclic amines) is 1. The minimum absolute atomic E-state index is 0.0600.